The van der Waals surface area contributed by atoms with Crippen molar-refractivity contribution >= 4 is 0 Å². The summed E-state index contributed by atoms with van der Waals surface area (Å²) < 4.78 is 0. The van der Waals surface area contributed by atoms with Gasteiger partial charge in [0.2, 0.25) is 0 Å². The van der Waals surface area contributed by atoms with E-state index >= 15 is 0 Å². The molecule has 0 radical (unpaired) electrons. The van der Waals surface area contributed by atoms with E-state index in [0.717, 1.165) is 25.9 Å². The summed E-state index contributed by atoms with van der Waals surface area (Å²) in [6.07, 6.45) is 8.56. The van der Waals surface area contributed by atoms with Gasteiger partial charge in [0.05, 0.1) is 5.60 Å². The van der Waals surface area contributed by atoms with Crippen molar-refractivity contribution < 1.29 is 5.11 Å². The molecule has 3 nitrogen and oxygen atoms in total. The van der Waals surface area contributed by atoms with Crippen molar-refractivity contribution in [3.05, 3.63) is 0 Å². The number of piperidine rings is 1. The minimum absolute atomic E-state index is 0.378. The first-order valence-corrected chi connectivity index (χ1v) is 7.31. The first-order valence-electron chi connectivity index (χ1n) is 7.31. The molecule has 0 spiro atoms. The molecule has 1 N–H and O–H groups in total. The second-order valence-electron chi connectivity index (χ2n) is 6.07. The quantitative estimate of drug-likeness (QED) is 0.792. The Kier molecular flexibility index (Phi) is 4.83. The maximum absolute atomic E-state index is 10.3. The van der Waals surface area contributed by atoms with Gasteiger partial charge in [0, 0.05) is 19.6 Å². The van der Waals surface area contributed by atoms with Gasteiger partial charge in [-0.05, 0) is 45.8 Å². The maximum Gasteiger partial charge on any atom is 0.0774 e. The fraction of sp³-hybridized carbons (Fsp3) is 1.00. The number of aliphatic hydroxyl groups is 1. The highest BCUT2D eigenvalue weighted by molar-refractivity contribution is 4.86. The van der Waals surface area contributed by atoms with Crippen molar-refractivity contribution in [3.63, 3.8) is 0 Å². The molecular weight excluding hydrogens is 212 g/mol. The number of nitrogens with zero attached hydrogens (tertiary/aromatic N) is 2. The van der Waals surface area contributed by atoms with E-state index in [4.69, 9.17) is 0 Å². The molecule has 0 amide bonds. The second kappa shape index (κ2) is 6.17. The normalized spacial score (nSPS) is 25.6. The molecule has 0 aromatic heterocycles. The van der Waals surface area contributed by atoms with Crippen LogP contribution in [-0.4, -0.2) is 60.3 Å². The van der Waals surface area contributed by atoms with Crippen LogP contribution in [0.3, 0.4) is 0 Å². The summed E-state index contributed by atoms with van der Waals surface area (Å²) >= 11 is 0. The van der Waals surface area contributed by atoms with Crippen molar-refractivity contribution in [2.24, 2.45) is 0 Å². The lowest BCUT2D eigenvalue weighted by atomic mass is 10.0. The molecule has 3 heteroatoms. The molecule has 1 saturated carbocycles. The van der Waals surface area contributed by atoms with Gasteiger partial charge < -0.3 is 14.9 Å². The van der Waals surface area contributed by atoms with Crippen LogP contribution in [0.2, 0.25) is 0 Å². The highest BCUT2D eigenvalue weighted by Crippen LogP contribution is 2.29. The van der Waals surface area contributed by atoms with Crippen LogP contribution < -0.4 is 0 Å². The van der Waals surface area contributed by atoms with Crippen molar-refractivity contribution in [3.8, 4) is 0 Å². The number of rotatable bonds is 5. The van der Waals surface area contributed by atoms with Crippen LogP contribution in [0.4, 0.5) is 0 Å². The van der Waals surface area contributed by atoms with Gasteiger partial charge in [-0.15, -0.1) is 0 Å². The Morgan fingerprint density at radius 2 is 1.71 bits per heavy atom. The second-order valence-corrected chi connectivity index (χ2v) is 6.07. The smallest absolute Gasteiger partial charge is 0.0774 e. The van der Waals surface area contributed by atoms with Crippen LogP contribution in [0.5, 0.6) is 0 Å². The molecule has 0 aromatic rings. The molecule has 2 rings (SSSR count). The summed E-state index contributed by atoms with van der Waals surface area (Å²) in [4.78, 5) is 4.89. The molecule has 1 saturated heterocycles. The summed E-state index contributed by atoms with van der Waals surface area (Å²) in [6.45, 7) is 5.69. The van der Waals surface area contributed by atoms with Crippen molar-refractivity contribution in [1.29, 1.82) is 0 Å². The molecule has 100 valence electrons. The highest BCUT2D eigenvalue weighted by Gasteiger charge is 2.32. The number of hydrogen-bond donors (Lipinski definition) is 1. The summed E-state index contributed by atoms with van der Waals surface area (Å²) in [7, 11) is 2.15. The minimum Gasteiger partial charge on any atom is -0.389 e. The third-order valence-corrected chi connectivity index (χ3v) is 4.35. The van der Waals surface area contributed by atoms with E-state index in [1.165, 1.54) is 51.7 Å². The molecule has 1 heterocycles. The molecule has 1 aliphatic heterocycles. The summed E-state index contributed by atoms with van der Waals surface area (Å²) in [6, 6.07) is 0. The zero-order valence-corrected chi connectivity index (χ0v) is 11.3. The predicted octanol–water partition coefficient (Wildman–Crippen LogP) is 1.71. The Labute approximate surface area is 106 Å². The fourth-order valence-corrected chi connectivity index (χ4v) is 3.27. The molecule has 0 unspecified atom stereocenters. The van der Waals surface area contributed by atoms with E-state index in [1.54, 1.807) is 0 Å². The van der Waals surface area contributed by atoms with Gasteiger partial charge in [-0.1, -0.05) is 19.3 Å². The minimum atomic E-state index is -0.378. The lowest BCUT2D eigenvalue weighted by molar-refractivity contribution is 0.0140. The van der Waals surface area contributed by atoms with Crippen molar-refractivity contribution in [2.45, 2.75) is 50.5 Å². The molecule has 17 heavy (non-hydrogen) atoms. The Morgan fingerprint density at radius 3 is 2.35 bits per heavy atom. The van der Waals surface area contributed by atoms with E-state index in [2.05, 4.69) is 16.8 Å². The first-order chi connectivity index (χ1) is 8.18. The maximum atomic E-state index is 10.3. The van der Waals surface area contributed by atoms with Crippen LogP contribution in [0.15, 0.2) is 0 Å². The van der Waals surface area contributed by atoms with E-state index in [0.29, 0.717) is 0 Å². The molecular formula is C14H28N2O. The van der Waals surface area contributed by atoms with Gasteiger partial charge in [-0.25, -0.2) is 0 Å². The summed E-state index contributed by atoms with van der Waals surface area (Å²) in [5.74, 6) is 0. The van der Waals surface area contributed by atoms with Gasteiger partial charge in [0.15, 0.2) is 0 Å². The van der Waals surface area contributed by atoms with Crippen LogP contribution in [0, 0.1) is 0 Å². The Morgan fingerprint density at radius 1 is 1.06 bits per heavy atom. The van der Waals surface area contributed by atoms with Crippen molar-refractivity contribution in [1.82, 2.24) is 9.80 Å². The number of likely N-dealkylation sites (N-methyl/N-ethyl adjacent to an activating group) is 1. The Hall–Kier alpha value is -0.120. The molecule has 0 atom stereocenters. The van der Waals surface area contributed by atoms with Crippen LogP contribution in [0.25, 0.3) is 0 Å². The van der Waals surface area contributed by atoms with Crippen LogP contribution in [0.1, 0.15) is 44.9 Å². The van der Waals surface area contributed by atoms with E-state index in [9.17, 15) is 5.11 Å². The van der Waals surface area contributed by atoms with Crippen LogP contribution >= 0.6 is 0 Å². The average Bonchev–Trinajstić information content (AvgIpc) is 2.74. The highest BCUT2D eigenvalue weighted by atomic mass is 16.3. The average molecular weight is 240 g/mol. The standard InChI is InChI=1S/C14H28N2O/c1-15(13-14(17)7-3-4-8-14)11-12-16-9-5-2-6-10-16/h17H,2-13H2,1H3. The third kappa shape index (κ3) is 4.23. The summed E-state index contributed by atoms with van der Waals surface area (Å²) in [5, 5.41) is 10.3. The molecule has 0 bridgehead atoms. The lowest BCUT2D eigenvalue weighted by Crippen LogP contribution is -2.43. The van der Waals surface area contributed by atoms with E-state index < -0.39 is 0 Å². The third-order valence-electron chi connectivity index (χ3n) is 4.35. The first kappa shape index (κ1) is 13.3. The van der Waals surface area contributed by atoms with E-state index in [1.807, 2.05) is 0 Å². The van der Waals surface area contributed by atoms with Gasteiger partial charge in [0.25, 0.3) is 0 Å². The van der Waals surface area contributed by atoms with Gasteiger partial charge in [-0.2, -0.15) is 0 Å². The molecule has 0 aromatic carbocycles. The van der Waals surface area contributed by atoms with Gasteiger partial charge in [0.1, 0.15) is 0 Å². The van der Waals surface area contributed by atoms with Gasteiger partial charge >= 0.3 is 0 Å². The molecule has 2 fully saturated rings. The van der Waals surface area contributed by atoms with Gasteiger partial charge in [-0.3, -0.25) is 0 Å². The Bertz CT molecular complexity index is 220. The summed E-state index contributed by atoms with van der Waals surface area (Å²) in [5.41, 5.74) is -0.378. The molecule has 1 aliphatic carbocycles. The zero-order valence-electron chi connectivity index (χ0n) is 11.3. The lowest BCUT2D eigenvalue weighted by Gasteiger charge is -2.32. The largest absolute Gasteiger partial charge is 0.389 e. The zero-order chi connectivity index (χ0) is 12.1. The monoisotopic (exact) mass is 240 g/mol. The predicted molar refractivity (Wildman–Crippen MR) is 71.2 cm³/mol. The van der Waals surface area contributed by atoms with Crippen molar-refractivity contribution in [2.75, 3.05) is 39.8 Å². The fourth-order valence-electron chi connectivity index (χ4n) is 3.27. The molecule has 2 aliphatic rings. The van der Waals surface area contributed by atoms with E-state index in [-0.39, 0.29) is 5.60 Å². The SMILES string of the molecule is CN(CCN1CCCCC1)CC1(O)CCCC1. The Balaban J connectivity index is 1.64. The topological polar surface area (TPSA) is 26.7 Å². The van der Waals surface area contributed by atoms with Crippen LogP contribution in [-0.2, 0) is 0 Å². The number of hydrogen-bond acceptors (Lipinski definition) is 3. The number of likely N-dealkylation sites (tertiary alicyclic amines) is 1.